The Morgan fingerprint density at radius 2 is 1.29 bits per heavy atom. The summed E-state index contributed by atoms with van der Waals surface area (Å²) in [7, 11) is 0. The average Bonchev–Trinajstić information content (AvgIpc) is 1.41. The van der Waals surface area contributed by atoms with E-state index in [1.807, 2.05) is 0 Å². The molecule has 0 N–H and O–H groups in total. The van der Waals surface area contributed by atoms with Crippen molar-refractivity contribution in [2.75, 3.05) is 0 Å². The fourth-order valence-electron chi connectivity index (χ4n) is 0. The van der Waals surface area contributed by atoms with Crippen LogP contribution in [0, 0.1) is 0 Å². The van der Waals surface area contributed by atoms with Crippen LogP contribution in [-0.4, -0.2) is 28.8 Å². The standard InChI is InChI=1S/C3H6O.C2H4.Mg.2H/c1-3(2)4;1-2;;;/h1-2H3;1-2H2;;;. The SMILES string of the molecule is C=C.CC(C)=O.[MgH2]. The van der Waals surface area contributed by atoms with Gasteiger partial charge >= 0.3 is 23.1 Å². The third kappa shape index (κ3) is 3470. The predicted octanol–water partition coefficient (Wildman–Crippen LogP) is 0.481. The third-order valence-electron chi connectivity index (χ3n) is 0. The van der Waals surface area contributed by atoms with Gasteiger partial charge in [-0.05, 0) is 13.8 Å². The summed E-state index contributed by atoms with van der Waals surface area (Å²) in [5.74, 6) is 0.167. The monoisotopic (exact) mass is 112 g/mol. The molecular formula is C5H12MgO. The van der Waals surface area contributed by atoms with Crippen LogP contribution in [0.15, 0.2) is 13.2 Å². The molecular weight excluding hydrogens is 100 g/mol. The van der Waals surface area contributed by atoms with Crippen LogP contribution < -0.4 is 0 Å². The van der Waals surface area contributed by atoms with Gasteiger partial charge in [-0.25, -0.2) is 0 Å². The van der Waals surface area contributed by atoms with Gasteiger partial charge in [0.25, 0.3) is 0 Å². The molecule has 0 heterocycles. The van der Waals surface area contributed by atoms with E-state index < -0.39 is 0 Å². The lowest BCUT2D eigenvalue weighted by Crippen LogP contribution is -1.69. The lowest BCUT2D eigenvalue weighted by Gasteiger charge is -1.56. The Morgan fingerprint density at radius 1 is 1.29 bits per heavy atom. The minimum atomic E-state index is 0. The molecule has 0 aliphatic heterocycles. The zero-order valence-electron chi connectivity index (χ0n) is 4.32. The molecule has 0 aromatic rings. The van der Waals surface area contributed by atoms with Crippen molar-refractivity contribution in [1.82, 2.24) is 0 Å². The van der Waals surface area contributed by atoms with Gasteiger partial charge in [0.05, 0.1) is 0 Å². The molecule has 0 saturated carbocycles. The molecule has 0 atom stereocenters. The molecule has 1 nitrogen and oxygen atoms in total. The van der Waals surface area contributed by atoms with Crippen LogP contribution in [0.2, 0.25) is 0 Å². The van der Waals surface area contributed by atoms with Crippen molar-refractivity contribution in [2.24, 2.45) is 0 Å². The predicted molar refractivity (Wildman–Crippen MR) is 36.2 cm³/mol. The van der Waals surface area contributed by atoms with E-state index in [0.29, 0.717) is 0 Å². The minimum Gasteiger partial charge on any atom is -0.300 e. The van der Waals surface area contributed by atoms with Gasteiger partial charge in [0.15, 0.2) is 0 Å². The second-order valence-corrected chi connectivity index (χ2v) is 0.908. The summed E-state index contributed by atoms with van der Waals surface area (Å²) in [5.41, 5.74) is 0. The van der Waals surface area contributed by atoms with Crippen LogP contribution >= 0.6 is 0 Å². The lowest BCUT2D eigenvalue weighted by atomic mass is 10.6. The van der Waals surface area contributed by atoms with E-state index in [-0.39, 0.29) is 28.8 Å². The molecule has 0 rings (SSSR count). The van der Waals surface area contributed by atoms with Gasteiger partial charge in [0, 0.05) is 0 Å². The summed E-state index contributed by atoms with van der Waals surface area (Å²) in [4.78, 5) is 9.44. The van der Waals surface area contributed by atoms with Crippen molar-refractivity contribution < 1.29 is 4.79 Å². The maximum atomic E-state index is 9.44. The van der Waals surface area contributed by atoms with Crippen molar-refractivity contribution in [2.45, 2.75) is 13.8 Å². The Balaban J connectivity index is -0.0000000480. The average molecular weight is 112 g/mol. The molecule has 0 amide bonds. The Bertz CT molecular complexity index is 39.3. The molecule has 2 heteroatoms. The van der Waals surface area contributed by atoms with Crippen molar-refractivity contribution in [3.8, 4) is 0 Å². The van der Waals surface area contributed by atoms with Gasteiger partial charge in [0.2, 0.25) is 0 Å². The van der Waals surface area contributed by atoms with Crippen molar-refractivity contribution in [3.63, 3.8) is 0 Å². The summed E-state index contributed by atoms with van der Waals surface area (Å²) in [6.07, 6.45) is 0. The Hall–Kier alpha value is 0.176. The molecule has 0 unspecified atom stereocenters. The molecule has 0 spiro atoms. The zero-order valence-corrected chi connectivity index (χ0v) is 4.32. The fraction of sp³-hybridized carbons (Fsp3) is 0.400. The first-order chi connectivity index (χ1) is 2.73. The summed E-state index contributed by atoms with van der Waals surface area (Å²) in [5, 5.41) is 0. The van der Waals surface area contributed by atoms with Crippen LogP contribution in [0.25, 0.3) is 0 Å². The first-order valence-electron chi connectivity index (χ1n) is 1.70. The molecule has 40 valence electrons. The smallest absolute Gasteiger partial charge is 0.300 e. The van der Waals surface area contributed by atoms with E-state index in [0.717, 1.165) is 0 Å². The molecule has 0 aliphatic carbocycles. The molecule has 0 aromatic carbocycles. The summed E-state index contributed by atoms with van der Waals surface area (Å²) in [6.45, 7) is 9.06. The van der Waals surface area contributed by atoms with Crippen molar-refractivity contribution >= 4 is 28.8 Å². The maximum absolute atomic E-state index is 9.44. The molecule has 0 bridgehead atoms. The zero-order chi connectivity index (χ0) is 5.58. The van der Waals surface area contributed by atoms with Crippen LogP contribution in [0.3, 0.4) is 0 Å². The lowest BCUT2D eigenvalue weighted by molar-refractivity contribution is -0.114. The van der Waals surface area contributed by atoms with E-state index in [9.17, 15) is 4.79 Å². The number of ketones is 1. The van der Waals surface area contributed by atoms with Gasteiger partial charge in [-0.1, -0.05) is 0 Å². The number of hydrogen-bond acceptors (Lipinski definition) is 1. The Labute approximate surface area is 60.9 Å². The molecule has 0 radical (unpaired) electrons. The highest BCUT2D eigenvalue weighted by molar-refractivity contribution is 5.75. The summed E-state index contributed by atoms with van der Waals surface area (Å²) < 4.78 is 0. The van der Waals surface area contributed by atoms with Crippen LogP contribution in [0.5, 0.6) is 0 Å². The largest absolute Gasteiger partial charge is 0.316 e. The van der Waals surface area contributed by atoms with Gasteiger partial charge in [-0.2, -0.15) is 0 Å². The number of carbonyl (C=O) groups excluding carboxylic acids is 1. The van der Waals surface area contributed by atoms with Gasteiger partial charge in [-0.15, -0.1) is 13.2 Å². The Morgan fingerprint density at radius 3 is 1.29 bits per heavy atom. The second kappa shape index (κ2) is 16.4. The number of rotatable bonds is 0. The van der Waals surface area contributed by atoms with Crippen LogP contribution in [0.1, 0.15) is 13.8 Å². The Kier molecular flexibility index (Phi) is 36.8. The summed E-state index contributed by atoms with van der Waals surface area (Å²) >= 11 is 0. The number of Topliss-reactive ketones (excluding diaryl/α,β-unsaturated/α-hetero) is 1. The second-order valence-electron chi connectivity index (χ2n) is 0.908. The normalized spacial score (nSPS) is 4.29. The van der Waals surface area contributed by atoms with Gasteiger partial charge < -0.3 is 4.79 Å². The molecule has 0 aromatic heterocycles. The third-order valence-corrected chi connectivity index (χ3v) is 0. The fourth-order valence-corrected chi connectivity index (χ4v) is 0. The van der Waals surface area contributed by atoms with E-state index in [1.54, 1.807) is 0 Å². The van der Waals surface area contributed by atoms with Crippen LogP contribution in [0.4, 0.5) is 0 Å². The topological polar surface area (TPSA) is 17.1 Å². The minimum absolute atomic E-state index is 0. The first-order valence-corrected chi connectivity index (χ1v) is 1.70. The van der Waals surface area contributed by atoms with E-state index in [4.69, 9.17) is 0 Å². The first kappa shape index (κ1) is 15.7. The molecule has 0 aliphatic rings. The highest BCUT2D eigenvalue weighted by atomic mass is 24.3. The molecule has 0 saturated heterocycles. The van der Waals surface area contributed by atoms with Gasteiger partial charge in [-0.3, -0.25) is 0 Å². The highest BCUT2D eigenvalue weighted by Crippen LogP contribution is 1.50. The quantitative estimate of drug-likeness (QED) is 0.329. The molecule has 7 heavy (non-hydrogen) atoms. The number of carbonyl (C=O) groups is 1. The van der Waals surface area contributed by atoms with Crippen molar-refractivity contribution in [1.29, 1.82) is 0 Å². The summed E-state index contributed by atoms with van der Waals surface area (Å²) in [6, 6.07) is 0. The van der Waals surface area contributed by atoms with Gasteiger partial charge in [0.1, 0.15) is 5.78 Å². The highest BCUT2D eigenvalue weighted by Gasteiger charge is 1.62. The van der Waals surface area contributed by atoms with E-state index in [2.05, 4.69) is 13.2 Å². The van der Waals surface area contributed by atoms with E-state index >= 15 is 0 Å². The van der Waals surface area contributed by atoms with Crippen LogP contribution in [-0.2, 0) is 4.79 Å². The molecule has 0 fully saturated rings. The van der Waals surface area contributed by atoms with Crippen molar-refractivity contribution in [3.05, 3.63) is 13.2 Å². The maximum Gasteiger partial charge on any atom is 0.316 e. The number of hydrogen-bond donors (Lipinski definition) is 0. The van der Waals surface area contributed by atoms with E-state index in [1.165, 1.54) is 13.8 Å².